The van der Waals surface area contributed by atoms with Crippen LogP contribution in [-0.2, 0) is 9.84 Å². The van der Waals surface area contributed by atoms with E-state index in [0.29, 0.717) is 4.90 Å². The van der Waals surface area contributed by atoms with Crippen LogP contribution in [0.2, 0.25) is 0 Å². The van der Waals surface area contributed by atoms with Crippen molar-refractivity contribution in [3.8, 4) is 0 Å². The van der Waals surface area contributed by atoms with Gasteiger partial charge >= 0.3 is 0 Å². The molecule has 0 heterocycles. The molecule has 0 saturated heterocycles. The summed E-state index contributed by atoms with van der Waals surface area (Å²) in [4.78, 5) is 0.334. The third-order valence-electron chi connectivity index (χ3n) is 4.27. The SMILES string of the molecule is Cc1ccc(S(=O)(=O)[C@H]2[C@H](CO)[C@@H]2c2ccc(Br)cc2)cc1. The van der Waals surface area contributed by atoms with Gasteiger partial charge in [-0.25, -0.2) is 8.42 Å². The standard InChI is InChI=1S/C17H17BrO3S/c1-11-2-8-14(9-3-11)22(20,21)17-15(10-19)16(17)12-4-6-13(18)7-5-12/h2-9,15-17,19H,10H2,1H3/t15-,16+,17+/m1/s1. The van der Waals surface area contributed by atoms with Crippen molar-refractivity contribution in [3.63, 3.8) is 0 Å². The summed E-state index contributed by atoms with van der Waals surface area (Å²) < 4.78 is 26.6. The fraction of sp³-hybridized carbons (Fsp3) is 0.294. The number of sulfone groups is 1. The maximum atomic E-state index is 12.8. The first kappa shape index (κ1) is 15.7. The summed E-state index contributed by atoms with van der Waals surface area (Å²) in [5, 5.41) is 9.00. The minimum atomic E-state index is -3.42. The van der Waals surface area contributed by atoms with Gasteiger partial charge in [0.05, 0.1) is 10.1 Å². The second-order valence-corrected chi connectivity index (χ2v) is 8.77. The molecule has 0 radical (unpaired) electrons. The van der Waals surface area contributed by atoms with Crippen molar-refractivity contribution in [2.24, 2.45) is 5.92 Å². The van der Waals surface area contributed by atoms with E-state index in [1.165, 1.54) is 0 Å². The average Bonchev–Trinajstić information content (AvgIpc) is 3.24. The van der Waals surface area contributed by atoms with E-state index >= 15 is 0 Å². The number of aliphatic hydroxyl groups is 1. The maximum absolute atomic E-state index is 12.8. The second-order valence-electron chi connectivity index (χ2n) is 5.75. The van der Waals surface area contributed by atoms with Gasteiger partial charge in [0, 0.05) is 22.9 Å². The van der Waals surface area contributed by atoms with Crippen LogP contribution in [0.25, 0.3) is 0 Å². The van der Waals surface area contributed by atoms with Gasteiger partial charge in [-0.15, -0.1) is 0 Å². The van der Waals surface area contributed by atoms with Crippen molar-refractivity contribution in [1.82, 2.24) is 0 Å². The predicted molar refractivity (Wildman–Crippen MR) is 89.6 cm³/mol. The van der Waals surface area contributed by atoms with Crippen LogP contribution < -0.4 is 0 Å². The molecule has 3 rings (SSSR count). The normalized spacial score (nSPS) is 24.2. The van der Waals surface area contributed by atoms with Crippen LogP contribution in [-0.4, -0.2) is 25.4 Å². The molecule has 1 N–H and O–H groups in total. The molecule has 0 spiro atoms. The Balaban J connectivity index is 1.93. The molecule has 116 valence electrons. The minimum Gasteiger partial charge on any atom is -0.396 e. The quantitative estimate of drug-likeness (QED) is 0.884. The first-order valence-corrected chi connectivity index (χ1v) is 9.46. The van der Waals surface area contributed by atoms with E-state index < -0.39 is 15.1 Å². The van der Waals surface area contributed by atoms with Gasteiger partial charge in [-0.05, 0) is 36.8 Å². The summed E-state index contributed by atoms with van der Waals surface area (Å²) in [5.74, 6) is -0.364. The number of hydrogen-bond donors (Lipinski definition) is 1. The van der Waals surface area contributed by atoms with Gasteiger partial charge in [-0.2, -0.15) is 0 Å². The lowest BCUT2D eigenvalue weighted by Crippen LogP contribution is -2.11. The third-order valence-corrected chi connectivity index (χ3v) is 7.09. The molecule has 3 nitrogen and oxygen atoms in total. The molecule has 0 aliphatic heterocycles. The van der Waals surface area contributed by atoms with Crippen LogP contribution in [0, 0.1) is 12.8 Å². The molecule has 2 aromatic rings. The Kier molecular flexibility index (Phi) is 4.14. The van der Waals surface area contributed by atoms with Gasteiger partial charge in [0.2, 0.25) is 0 Å². The summed E-state index contributed by atoms with van der Waals surface area (Å²) in [5.41, 5.74) is 1.99. The zero-order valence-electron chi connectivity index (χ0n) is 12.1. The fourth-order valence-corrected chi connectivity index (χ4v) is 5.45. The van der Waals surface area contributed by atoms with Crippen LogP contribution in [0.4, 0.5) is 0 Å². The molecule has 2 aromatic carbocycles. The monoisotopic (exact) mass is 380 g/mol. The van der Waals surface area contributed by atoms with Gasteiger partial charge in [-0.3, -0.25) is 0 Å². The number of aryl methyl sites for hydroxylation is 1. The van der Waals surface area contributed by atoms with Crippen LogP contribution in [0.3, 0.4) is 0 Å². The molecule has 1 fully saturated rings. The van der Waals surface area contributed by atoms with E-state index in [1.54, 1.807) is 24.3 Å². The molecule has 1 saturated carbocycles. The lowest BCUT2D eigenvalue weighted by Gasteiger charge is -2.05. The van der Waals surface area contributed by atoms with Crippen LogP contribution in [0.1, 0.15) is 17.0 Å². The molecule has 1 aliphatic rings. The first-order chi connectivity index (χ1) is 10.4. The number of benzene rings is 2. The maximum Gasteiger partial charge on any atom is 0.182 e. The Morgan fingerprint density at radius 1 is 1.05 bits per heavy atom. The average molecular weight is 381 g/mol. The van der Waals surface area contributed by atoms with Crippen LogP contribution in [0.5, 0.6) is 0 Å². The topological polar surface area (TPSA) is 54.4 Å². The molecule has 0 unspecified atom stereocenters. The van der Waals surface area contributed by atoms with Crippen LogP contribution in [0.15, 0.2) is 57.9 Å². The van der Waals surface area contributed by atoms with Gasteiger partial charge < -0.3 is 5.11 Å². The van der Waals surface area contributed by atoms with E-state index in [-0.39, 0.29) is 18.4 Å². The minimum absolute atomic E-state index is 0.115. The molecule has 5 heteroatoms. The van der Waals surface area contributed by atoms with Crippen LogP contribution >= 0.6 is 15.9 Å². The highest BCUT2D eigenvalue weighted by Crippen LogP contribution is 2.53. The number of halogens is 1. The van der Waals surface area contributed by atoms with Gasteiger partial charge in [0.15, 0.2) is 9.84 Å². The van der Waals surface area contributed by atoms with E-state index in [0.717, 1.165) is 15.6 Å². The Morgan fingerprint density at radius 3 is 2.18 bits per heavy atom. The largest absolute Gasteiger partial charge is 0.396 e. The molecule has 22 heavy (non-hydrogen) atoms. The van der Waals surface area contributed by atoms with Crippen molar-refractivity contribution in [2.45, 2.75) is 23.0 Å². The molecule has 1 aliphatic carbocycles. The van der Waals surface area contributed by atoms with E-state index in [4.69, 9.17) is 0 Å². The number of aliphatic hydroxyl groups excluding tert-OH is 1. The second kappa shape index (κ2) is 5.80. The van der Waals surface area contributed by atoms with E-state index in [2.05, 4.69) is 15.9 Å². The van der Waals surface area contributed by atoms with Crippen molar-refractivity contribution < 1.29 is 13.5 Å². The van der Waals surface area contributed by atoms with Gasteiger partial charge in [0.25, 0.3) is 0 Å². The van der Waals surface area contributed by atoms with Crippen molar-refractivity contribution >= 4 is 25.8 Å². The Bertz CT molecular complexity index is 767. The summed E-state index contributed by atoms with van der Waals surface area (Å²) in [6.07, 6.45) is 0. The molecule has 0 bridgehead atoms. The highest BCUT2D eigenvalue weighted by molar-refractivity contribution is 9.10. The number of hydrogen-bond acceptors (Lipinski definition) is 3. The fourth-order valence-electron chi connectivity index (χ4n) is 2.99. The van der Waals surface area contributed by atoms with Crippen molar-refractivity contribution in [3.05, 3.63) is 64.1 Å². The smallest absolute Gasteiger partial charge is 0.182 e. The lowest BCUT2D eigenvalue weighted by atomic mass is 10.1. The lowest BCUT2D eigenvalue weighted by molar-refractivity contribution is 0.274. The Hall–Kier alpha value is -1.17. The zero-order valence-corrected chi connectivity index (χ0v) is 14.5. The molecule has 3 atom stereocenters. The predicted octanol–water partition coefficient (Wildman–Crippen LogP) is 3.31. The van der Waals surface area contributed by atoms with Crippen molar-refractivity contribution in [2.75, 3.05) is 6.61 Å². The summed E-state index contributed by atoms with van der Waals surface area (Å²) in [6.45, 7) is 1.81. The molecular weight excluding hydrogens is 364 g/mol. The van der Waals surface area contributed by atoms with E-state index in [1.807, 2.05) is 31.2 Å². The molecular formula is C17H17BrO3S. The third kappa shape index (κ3) is 2.73. The Morgan fingerprint density at radius 2 is 1.64 bits per heavy atom. The molecule has 0 amide bonds. The summed E-state index contributed by atoms with van der Waals surface area (Å²) >= 11 is 3.38. The molecule has 0 aromatic heterocycles. The highest BCUT2D eigenvalue weighted by atomic mass is 79.9. The first-order valence-electron chi connectivity index (χ1n) is 7.12. The zero-order chi connectivity index (χ0) is 15.9. The van der Waals surface area contributed by atoms with E-state index in [9.17, 15) is 13.5 Å². The van der Waals surface area contributed by atoms with Gasteiger partial charge in [0.1, 0.15) is 0 Å². The summed E-state index contributed by atoms with van der Waals surface area (Å²) in [6, 6.07) is 14.5. The Labute approximate surface area is 139 Å². The number of rotatable bonds is 4. The van der Waals surface area contributed by atoms with Gasteiger partial charge in [-0.1, -0.05) is 45.8 Å². The van der Waals surface area contributed by atoms with Crippen molar-refractivity contribution in [1.29, 1.82) is 0 Å². The highest BCUT2D eigenvalue weighted by Gasteiger charge is 2.58. The summed E-state index contributed by atoms with van der Waals surface area (Å²) in [7, 11) is -3.42.